The van der Waals surface area contributed by atoms with E-state index in [1.165, 1.54) is 35.0 Å². The van der Waals surface area contributed by atoms with Crippen molar-refractivity contribution in [2.24, 2.45) is 10.1 Å². The number of benzene rings is 2. The molecule has 1 amide bonds. The van der Waals surface area contributed by atoms with Crippen LogP contribution in [0.25, 0.3) is 17.4 Å². The largest absolute Gasteiger partial charge is 0.487 e. The molecular weight excluding hydrogens is 468 g/mol. The highest BCUT2D eigenvalue weighted by Gasteiger charge is 2.36. The third-order valence-electron chi connectivity index (χ3n) is 5.18. The molecule has 2 aliphatic heterocycles. The number of hydrazone groups is 1. The fourth-order valence-corrected chi connectivity index (χ4v) is 4.24. The summed E-state index contributed by atoms with van der Waals surface area (Å²) in [5.41, 5.74) is 1.97. The maximum atomic E-state index is 12.6. The molecule has 2 aromatic carbocycles. The molecule has 35 heavy (non-hydrogen) atoms. The Balaban J connectivity index is 1.32. The van der Waals surface area contributed by atoms with Gasteiger partial charge in [0.25, 0.3) is 5.91 Å². The molecule has 0 spiro atoms. The van der Waals surface area contributed by atoms with Gasteiger partial charge < -0.3 is 14.3 Å². The first-order valence-corrected chi connectivity index (χ1v) is 11.3. The summed E-state index contributed by atoms with van der Waals surface area (Å²) in [7, 11) is 0. The molecule has 9 nitrogen and oxygen atoms in total. The lowest BCUT2D eigenvalue weighted by Crippen LogP contribution is -2.35. The quantitative estimate of drug-likeness (QED) is 0.485. The number of carbonyl (C=O) groups is 2. The van der Waals surface area contributed by atoms with Gasteiger partial charge in [0.05, 0.1) is 11.1 Å². The third kappa shape index (κ3) is 4.64. The SMILES string of the molecule is Cc1cccc(OCC2=NN3C(=N)/C(=C/c4ccc(-c5ccc(C(=O)O)cc5)o4)C(=O)N=C3S2)c1. The molecule has 5 rings (SSSR count). The van der Waals surface area contributed by atoms with Crippen molar-refractivity contribution >= 4 is 45.8 Å². The number of aliphatic imine (C=N–C) groups is 1. The Morgan fingerprint density at radius 1 is 1.20 bits per heavy atom. The van der Waals surface area contributed by atoms with Crippen LogP contribution in [0.5, 0.6) is 5.75 Å². The molecule has 3 aromatic rings. The Bertz CT molecular complexity index is 1450. The number of nitrogens with zero attached hydrogens (tertiary/aromatic N) is 3. The standard InChI is InChI=1S/C25H18N4O5S/c1-14-3-2-4-17(11-14)33-13-21-28-29-22(26)19(23(30)27-25(29)35-21)12-18-9-10-20(34-18)15-5-7-16(8-6-15)24(31)32/h2-12,26H,13H2,1H3,(H,31,32)/b19-12-,26-22?. The Hall–Kier alpha value is -4.44. The van der Waals surface area contributed by atoms with Crippen molar-refractivity contribution in [1.82, 2.24) is 5.01 Å². The van der Waals surface area contributed by atoms with Crippen LogP contribution in [0.4, 0.5) is 0 Å². The zero-order chi connectivity index (χ0) is 24.5. The van der Waals surface area contributed by atoms with Crippen LogP contribution in [0.3, 0.4) is 0 Å². The molecule has 2 aliphatic rings. The fourth-order valence-electron chi connectivity index (χ4n) is 3.45. The summed E-state index contributed by atoms with van der Waals surface area (Å²) in [5, 5.41) is 24.1. The van der Waals surface area contributed by atoms with E-state index >= 15 is 0 Å². The van der Waals surface area contributed by atoms with Crippen molar-refractivity contribution in [3.8, 4) is 17.1 Å². The number of rotatable bonds is 6. The van der Waals surface area contributed by atoms with Crippen molar-refractivity contribution in [3.05, 3.63) is 83.1 Å². The number of carboxylic acid groups (broad SMARTS) is 1. The van der Waals surface area contributed by atoms with Crippen LogP contribution < -0.4 is 4.74 Å². The number of hydrogen-bond acceptors (Lipinski definition) is 7. The average Bonchev–Trinajstić information content (AvgIpc) is 3.48. The maximum Gasteiger partial charge on any atom is 0.335 e. The van der Waals surface area contributed by atoms with Gasteiger partial charge in [0.15, 0.2) is 5.84 Å². The highest BCUT2D eigenvalue weighted by molar-refractivity contribution is 8.27. The van der Waals surface area contributed by atoms with Gasteiger partial charge in [0.2, 0.25) is 5.17 Å². The number of hydrogen-bond donors (Lipinski definition) is 2. The van der Waals surface area contributed by atoms with Gasteiger partial charge >= 0.3 is 5.97 Å². The van der Waals surface area contributed by atoms with Crippen LogP contribution in [0.1, 0.15) is 21.7 Å². The summed E-state index contributed by atoms with van der Waals surface area (Å²) in [6.45, 7) is 2.16. The number of aryl methyl sites for hydroxylation is 1. The number of aromatic carboxylic acids is 1. The molecule has 0 aliphatic carbocycles. The summed E-state index contributed by atoms with van der Waals surface area (Å²) in [4.78, 5) is 27.7. The molecule has 0 saturated carbocycles. The molecule has 0 atom stereocenters. The van der Waals surface area contributed by atoms with Crippen LogP contribution in [0.2, 0.25) is 0 Å². The lowest BCUT2D eigenvalue weighted by Gasteiger charge is -2.19. The summed E-state index contributed by atoms with van der Waals surface area (Å²) >= 11 is 1.19. The van der Waals surface area contributed by atoms with Gasteiger partial charge in [-0.1, -0.05) is 24.3 Å². The number of fused-ring (bicyclic) bond motifs is 1. The topological polar surface area (TPSA) is 129 Å². The molecule has 2 N–H and O–H groups in total. The van der Waals surface area contributed by atoms with Crippen molar-refractivity contribution in [3.63, 3.8) is 0 Å². The molecule has 0 fully saturated rings. The number of amides is 1. The van der Waals surface area contributed by atoms with Gasteiger partial charge in [-0.15, -0.1) is 0 Å². The van der Waals surface area contributed by atoms with Gasteiger partial charge in [0.1, 0.15) is 28.9 Å². The molecule has 3 heterocycles. The van der Waals surface area contributed by atoms with E-state index in [9.17, 15) is 9.59 Å². The average molecular weight is 487 g/mol. The van der Waals surface area contributed by atoms with Crippen LogP contribution >= 0.6 is 11.8 Å². The highest BCUT2D eigenvalue weighted by atomic mass is 32.2. The second kappa shape index (κ2) is 9.07. The van der Waals surface area contributed by atoms with Crippen molar-refractivity contribution in [2.75, 3.05) is 6.61 Å². The predicted octanol–water partition coefficient (Wildman–Crippen LogP) is 4.65. The van der Waals surface area contributed by atoms with Crippen molar-refractivity contribution < 1.29 is 23.8 Å². The number of thioether (sulfide) groups is 1. The van der Waals surface area contributed by atoms with Gasteiger partial charge in [-0.3, -0.25) is 10.2 Å². The minimum absolute atomic E-state index is 0.0427. The first kappa shape index (κ1) is 22.4. The molecule has 1 aromatic heterocycles. The summed E-state index contributed by atoms with van der Waals surface area (Å²) < 4.78 is 11.6. The lowest BCUT2D eigenvalue weighted by molar-refractivity contribution is -0.114. The summed E-state index contributed by atoms with van der Waals surface area (Å²) in [5.74, 6) is -0.122. The van der Waals surface area contributed by atoms with Crippen LogP contribution in [-0.2, 0) is 4.79 Å². The Labute approximate surface area is 203 Å². The molecule has 0 saturated heterocycles. The van der Waals surface area contributed by atoms with E-state index in [-0.39, 0.29) is 23.6 Å². The van der Waals surface area contributed by atoms with Crippen LogP contribution in [-0.4, -0.2) is 44.6 Å². The van der Waals surface area contributed by atoms with Gasteiger partial charge in [0, 0.05) is 5.56 Å². The Morgan fingerprint density at radius 3 is 2.74 bits per heavy atom. The van der Waals surface area contributed by atoms with Crippen LogP contribution in [0, 0.1) is 12.3 Å². The molecule has 10 heteroatoms. The number of nitrogens with one attached hydrogen (secondary N) is 1. The molecule has 0 radical (unpaired) electrons. The molecule has 0 unspecified atom stereocenters. The lowest BCUT2D eigenvalue weighted by atomic mass is 10.1. The normalized spacial score (nSPS) is 16.3. The predicted molar refractivity (Wildman–Crippen MR) is 133 cm³/mol. The number of ether oxygens (including phenoxy) is 1. The number of carbonyl (C=O) groups excluding carboxylic acids is 1. The maximum absolute atomic E-state index is 12.6. The fraction of sp³-hybridized carbons (Fsp3) is 0.0800. The highest BCUT2D eigenvalue weighted by Crippen LogP contribution is 2.30. The monoisotopic (exact) mass is 486 g/mol. The van der Waals surface area contributed by atoms with E-state index in [0.29, 0.717) is 33.0 Å². The van der Waals surface area contributed by atoms with E-state index < -0.39 is 11.9 Å². The van der Waals surface area contributed by atoms with Crippen LogP contribution in [0.15, 0.2) is 80.7 Å². The first-order chi connectivity index (χ1) is 16.9. The van der Waals surface area contributed by atoms with E-state index in [1.54, 1.807) is 24.3 Å². The Kier molecular flexibility index (Phi) is 5.79. The van der Waals surface area contributed by atoms with Gasteiger partial charge in [-0.05, 0) is 66.7 Å². The first-order valence-electron chi connectivity index (χ1n) is 10.5. The number of carboxylic acids is 1. The smallest absolute Gasteiger partial charge is 0.335 e. The third-order valence-corrected chi connectivity index (χ3v) is 6.06. The second-order valence-electron chi connectivity index (χ2n) is 7.70. The minimum atomic E-state index is -1.01. The molecule has 0 bridgehead atoms. The number of furan rings is 1. The van der Waals surface area contributed by atoms with E-state index in [4.69, 9.17) is 19.7 Å². The summed E-state index contributed by atoms with van der Waals surface area (Å²) in [6.07, 6.45) is 1.45. The van der Waals surface area contributed by atoms with E-state index in [2.05, 4.69) is 10.1 Å². The summed E-state index contributed by atoms with van der Waals surface area (Å²) in [6, 6.07) is 17.3. The van der Waals surface area contributed by atoms with Gasteiger partial charge in [-0.25, -0.2) is 4.79 Å². The molecular formula is C25H18N4O5S. The van der Waals surface area contributed by atoms with E-state index in [0.717, 1.165) is 5.56 Å². The zero-order valence-corrected chi connectivity index (χ0v) is 19.2. The van der Waals surface area contributed by atoms with E-state index in [1.807, 2.05) is 31.2 Å². The molecule has 174 valence electrons. The van der Waals surface area contributed by atoms with Crippen molar-refractivity contribution in [1.29, 1.82) is 5.41 Å². The van der Waals surface area contributed by atoms with Gasteiger partial charge in [-0.2, -0.15) is 15.1 Å². The zero-order valence-electron chi connectivity index (χ0n) is 18.4. The number of amidine groups is 2. The van der Waals surface area contributed by atoms with Crippen molar-refractivity contribution in [2.45, 2.75) is 6.92 Å². The minimum Gasteiger partial charge on any atom is -0.487 e. The second-order valence-corrected chi connectivity index (χ2v) is 8.74. The Morgan fingerprint density at radius 2 is 2.00 bits per heavy atom.